The fraction of sp³-hybridized carbons (Fsp3) is 0.818. The highest BCUT2D eigenvalue weighted by molar-refractivity contribution is 5.25. The molecular formula is C11H20N4O. The zero-order valence-electron chi connectivity index (χ0n) is 10.2. The maximum atomic E-state index is 5.69. The van der Waals surface area contributed by atoms with Crippen molar-refractivity contribution in [1.82, 2.24) is 10.2 Å². The van der Waals surface area contributed by atoms with Crippen molar-refractivity contribution >= 4 is 6.01 Å². The van der Waals surface area contributed by atoms with E-state index in [9.17, 15) is 0 Å². The Labute approximate surface area is 96.0 Å². The van der Waals surface area contributed by atoms with E-state index in [0.29, 0.717) is 17.8 Å². The number of hydrogen-bond acceptors (Lipinski definition) is 5. The zero-order valence-corrected chi connectivity index (χ0v) is 10.2. The van der Waals surface area contributed by atoms with Gasteiger partial charge < -0.3 is 15.1 Å². The van der Waals surface area contributed by atoms with Gasteiger partial charge in [-0.3, -0.25) is 0 Å². The molecule has 90 valence electrons. The number of aromatic nitrogens is 2. The van der Waals surface area contributed by atoms with Crippen LogP contribution in [0.15, 0.2) is 4.42 Å². The zero-order chi connectivity index (χ0) is 11.7. The van der Waals surface area contributed by atoms with Gasteiger partial charge in [-0.2, -0.15) is 0 Å². The van der Waals surface area contributed by atoms with Gasteiger partial charge in [0.25, 0.3) is 0 Å². The van der Waals surface area contributed by atoms with Gasteiger partial charge in [0.1, 0.15) is 0 Å². The normalized spacial score (nSPS) is 28.1. The Hall–Kier alpha value is -1.10. The highest BCUT2D eigenvalue weighted by atomic mass is 16.4. The second-order valence-corrected chi connectivity index (χ2v) is 4.90. The second-order valence-electron chi connectivity index (χ2n) is 4.90. The van der Waals surface area contributed by atoms with E-state index in [1.165, 1.54) is 6.42 Å². The van der Waals surface area contributed by atoms with Crippen molar-refractivity contribution in [2.45, 2.75) is 33.2 Å². The third kappa shape index (κ3) is 2.19. The summed E-state index contributed by atoms with van der Waals surface area (Å²) in [5.74, 6) is 1.95. The molecule has 1 saturated heterocycles. The summed E-state index contributed by atoms with van der Waals surface area (Å²) in [6.07, 6.45) is 1.18. The summed E-state index contributed by atoms with van der Waals surface area (Å²) in [5, 5.41) is 8.00. The number of hydrogen-bond donors (Lipinski definition) is 1. The lowest BCUT2D eigenvalue weighted by Crippen LogP contribution is -2.38. The summed E-state index contributed by atoms with van der Waals surface area (Å²) >= 11 is 0. The maximum Gasteiger partial charge on any atom is 0.318 e. The van der Waals surface area contributed by atoms with E-state index >= 15 is 0 Å². The van der Waals surface area contributed by atoms with Crippen LogP contribution in [0.2, 0.25) is 0 Å². The topological polar surface area (TPSA) is 68.2 Å². The number of piperidine rings is 1. The van der Waals surface area contributed by atoms with E-state index in [2.05, 4.69) is 28.9 Å². The minimum atomic E-state index is -0.192. The van der Waals surface area contributed by atoms with Crippen LogP contribution in [0.4, 0.5) is 6.01 Å². The van der Waals surface area contributed by atoms with Crippen molar-refractivity contribution in [3.05, 3.63) is 5.89 Å². The van der Waals surface area contributed by atoms with Crippen LogP contribution in [-0.4, -0.2) is 23.3 Å². The number of anilines is 1. The number of rotatable bonds is 2. The standard InChI is InChI=1S/C11H20N4O/c1-7-4-5-15(6-8(7)2)11-14-13-10(16-11)9(3)12/h7-9H,4-6,12H2,1-3H3. The van der Waals surface area contributed by atoms with E-state index < -0.39 is 0 Å². The molecular weight excluding hydrogens is 204 g/mol. The quantitative estimate of drug-likeness (QED) is 0.825. The molecule has 5 nitrogen and oxygen atoms in total. The molecule has 1 aliphatic rings. The predicted molar refractivity (Wildman–Crippen MR) is 62.1 cm³/mol. The Kier molecular flexibility index (Phi) is 3.14. The minimum Gasteiger partial charge on any atom is -0.406 e. The fourth-order valence-corrected chi connectivity index (χ4v) is 1.97. The predicted octanol–water partition coefficient (Wildman–Crippen LogP) is 1.57. The van der Waals surface area contributed by atoms with Crippen molar-refractivity contribution in [3.8, 4) is 0 Å². The number of nitrogens with two attached hydrogens (primary N) is 1. The van der Waals surface area contributed by atoms with Crippen LogP contribution in [0.5, 0.6) is 0 Å². The van der Waals surface area contributed by atoms with Crippen LogP contribution in [0.3, 0.4) is 0 Å². The van der Waals surface area contributed by atoms with Gasteiger partial charge in [0, 0.05) is 13.1 Å². The lowest BCUT2D eigenvalue weighted by molar-refractivity contribution is 0.310. The Morgan fingerprint density at radius 3 is 2.69 bits per heavy atom. The maximum absolute atomic E-state index is 5.69. The highest BCUT2D eigenvalue weighted by Crippen LogP contribution is 2.26. The molecule has 0 radical (unpaired) electrons. The van der Waals surface area contributed by atoms with Gasteiger partial charge in [0.05, 0.1) is 6.04 Å². The van der Waals surface area contributed by atoms with E-state index in [0.717, 1.165) is 19.0 Å². The van der Waals surface area contributed by atoms with Crippen molar-refractivity contribution < 1.29 is 4.42 Å². The lowest BCUT2D eigenvalue weighted by Gasteiger charge is -2.33. The first-order valence-electron chi connectivity index (χ1n) is 5.92. The Morgan fingerprint density at radius 1 is 1.38 bits per heavy atom. The molecule has 1 aliphatic heterocycles. The van der Waals surface area contributed by atoms with Gasteiger partial charge in [0.15, 0.2) is 0 Å². The molecule has 1 aromatic heterocycles. The summed E-state index contributed by atoms with van der Waals surface area (Å²) in [6.45, 7) is 8.38. The SMILES string of the molecule is CC(N)c1nnc(N2CCC(C)C(C)C2)o1. The molecule has 1 aromatic rings. The van der Waals surface area contributed by atoms with Gasteiger partial charge in [0.2, 0.25) is 5.89 Å². The molecule has 0 aliphatic carbocycles. The van der Waals surface area contributed by atoms with Crippen molar-refractivity contribution in [2.75, 3.05) is 18.0 Å². The summed E-state index contributed by atoms with van der Waals surface area (Å²) < 4.78 is 5.55. The van der Waals surface area contributed by atoms with Gasteiger partial charge >= 0.3 is 6.01 Å². The monoisotopic (exact) mass is 224 g/mol. The van der Waals surface area contributed by atoms with Crippen LogP contribution in [0.25, 0.3) is 0 Å². The van der Waals surface area contributed by atoms with Gasteiger partial charge in [-0.15, -0.1) is 5.10 Å². The lowest BCUT2D eigenvalue weighted by atomic mass is 9.89. The van der Waals surface area contributed by atoms with Gasteiger partial charge in [-0.05, 0) is 25.2 Å². The highest BCUT2D eigenvalue weighted by Gasteiger charge is 2.26. The molecule has 3 unspecified atom stereocenters. The molecule has 2 rings (SSSR count). The second kappa shape index (κ2) is 4.41. The van der Waals surface area contributed by atoms with E-state index in [1.54, 1.807) is 0 Å². The molecule has 3 atom stereocenters. The largest absolute Gasteiger partial charge is 0.406 e. The first-order chi connectivity index (χ1) is 7.58. The molecule has 2 N–H and O–H groups in total. The molecule has 0 spiro atoms. The van der Waals surface area contributed by atoms with Crippen molar-refractivity contribution in [3.63, 3.8) is 0 Å². The fourth-order valence-electron chi connectivity index (χ4n) is 1.97. The molecule has 0 amide bonds. The molecule has 0 aromatic carbocycles. The van der Waals surface area contributed by atoms with Crippen LogP contribution in [0.1, 0.15) is 39.1 Å². The first-order valence-corrected chi connectivity index (χ1v) is 5.92. The van der Waals surface area contributed by atoms with Crippen molar-refractivity contribution in [2.24, 2.45) is 17.6 Å². The summed E-state index contributed by atoms with van der Waals surface area (Å²) in [7, 11) is 0. The van der Waals surface area contributed by atoms with E-state index in [1.807, 2.05) is 6.92 Å². The molecule has 5 heteroatoms. The third-order valence-corrected chi connectivity index (χ3v) is 3.42. The minimum absolute atomic E-state index is 0.192. The van der Waals surface area contributed by atoms with E-state index in [-0.39, 0.29) is 6.04 Å². The Morgan fingerprint density at radius 2 is 2.12 bits per heavy atom. The van der Waals surface area contributed by atoms with Gasteiger partial charge in [-0.1, -0.05) is 18.9 Å². The average molecular weight is 224 g/mol. The van der Waals surface area contributed by atoms with Crippen LogP contribution >= 0.6 is 0 Å². The Balaban J connectivity index is 2.07. The smallest absolute Gasteiger partial charge is 0.318 e. The Bertz CT molecular complexity index is 350. The average Bonchev–Trinajstić information content (AvgIpc) is 2.71. The summed E-state index contributed by atoms with van der Waals surface area (Å²) in [5.41, 5.74) is 5.69. The number of nitrogens with zero attached hydrogens (tertiary/aromatic N) is 3. The molecule has 0 bridgehead atoms. The van der Waals surface area contributed by atoms with Crippen LogP contribution < -0.4 is 10.6 Å². The summed E-state index contributed by atoms with van der Waals surface area (Å²) in [6, 6.07) is 0.424. The molecule has 2 heterocycles. The van der Waals surface area contributed by atoms with Crippen LogP contribution in [0, 0.1) is 11.8 Å². The molecule has 1 fully saturated rings. The first kappa shape index (κ1) is 11.4. The van der Waals surface area contributed by atoms with E-state index in [4.69, 9.17) is 10.2 Å². The summed E-state index contributed by atoms with van der Waals surface area (Å²) in [4.78, 5) is 2.16. The molecule has 0 saturated carbocycles. The van der Waals surface area contributed by atoms with Gasteiger partial charge in [-0.25, -0.2) is 0 Å². The van der Waals surface area contributed by atoms with Crippen LogP contribution in [-0.2, 0) is 0 Å². The molecule has 16 heavy (non-hydrogen) atoms. The van der Waals surface area contributed by atoms with Crippen molar-refractivity contribution in [1.29, 1.82) is 0 Å². The third-order valence-electron chi connectivity index (χ3n) is 3.42.